The summed E-state index contributed by atoms with van der Waals surface area (Å²) in [4.78, 5) is 17.6. The molecule has 0 aliphatic carbocycles. The molecule has 0 fully saturated rings. The highest BCUT2D eigenvalue weighted by Crippen LogP contribution is 2.17. The van der Waals surface area contributed by atoms with Crippen molar-refractivity contribution in [3.8, 4) is 11.4 Å². The average Bonchev–Trinajstić information content (AvgIpc) is 2.14. The lowest BCUT2D eigenvalue weighted by Gasteiger charge is -2.03. The molecule has 0 spiro atoms. The fourth-order valence-electron chi connectivity index (χ4n) is 1.49. The number of nitrogens with zero attached hydrogens (tertiary/aromatic N) is 1. The zero-order valence-electron chi connectivity index (χ0n) is 8.62. The molecule has 2 rings (SSSR count). The van der Waals surface area contributed by atoms with Crippen LogP contribution in [-0.2, 0) is 0 Å². The van der Waals surface area contributed by atoms with Crippen LogP contribution in [0.25, 0.3) is 11.4 Å². The number of aryl methyl sites for hydroxylation is 1. The molecule has 0 atom stereocenters. The minimum atomic E-state index is -0.375. The average molecular weight is 219 g/mol. The molecule has 0 aliphatic rings. The summed E-state index contributed by atoms with van der Waals surface area (Å²) in [6.45, 7) is 1.76. The normalized spacial score (nSPS) is 10.4. The second-order valence-corrected chi connectivity index (χ2v) is 3.54. The van der Waals surface area contributed by atoms with Gasteiger partial charge in [-0.05, 0) is 30.7 Å². The van der Waals surface area contributed by atoms with E-state index in [0.717, 1.165) is 5.56 Å². The van der Waals surface area contributed by atoms with Gasteiger partial charge in [0.05, 0.1) is 0 Å². The molecular weight excluding hydrogens is 209 g/mol. The molecule has 0 saturated carbocycles. The van der Waals surface area contributed by atoms with Crippen LogP contribution < -0.4 is 11.3 Å². The molecule has 0 aliphatic heterocycles. The van der Waals surface area contributed by atoms with E-state index in [-0.39, 0.29) is 23.0 Å². The summed E-state index contributed by atoms with van der Waals surface area (Å²) in [5.41, 5.74) is 6.34. The van der Waals surface area contributed by atoms with Crippen LogP contribution in [0, 0.1) is 12.7 Å². The number of hydrogen-bond donors (Lipinski definition) is 2. The van der Waals surface area contributed by atoms with Crippen molar-refractivity contribution in [2.75, 3.05) is 5.73 Å². The number of nitrogens with two attached hydrogens (primary N) is 1. The monoisotopic (exact) mass is 219 g/mol. The van der Waals surface area contributed by atoms with Gasteiger partial charge in [0.1, 0.15) is 17.5 Å². The third kappa shape index (κ3) is 2.08. The predicted molar refractivity (Wildman–Crippen MR) is 59.4 cm³/mol. The molecule has 3 N–H and O–H groups in total. The summed E-state index contributed by atoms with van der Waals surface area (Å²) in [5.74, 6) is 0.00772. The number of nitrogen functional groups attached to an aromatic ring is 1. The van der Waals surface area contributed by atoms with Crippen molar-refractivity contribution in [1.82, 2.24) is 9.97 Å². The quantitative estimate of drug-likeness (QED) is 0.762. The molecule has 0 amide bonds. The third-order valence-corrected chi connectivity index (χ3v) is 2.08. The van der Waals surface area contributed by atoms with Gasteiger partial charge < -0.3 is 10.7 Å². The summed E-state index contributed by atoms with van der Waals surface area (Å²) in [6, 6.07) is 5.59. The molecule has 16 heavy (non-hydrogen) atoms. The standard InChI is InChI=1S/C11H10FN3O/c1-6-2-7(4-8(12)3-6)11-14-9(13)5-10(16)15-11/h2-5H,1H3,(H3,13,14,15,16). The number of rotatable bonds is 1. The Hall–Kier alpha value is -2.17. The number of benzene rings is 1. The van der Waals surface area contributed by atoms with Crippen molar-refractivity contribution in [2.24, 2.45) is 0 Å². The first-order chi connectivity index (χ1) is 7.54. The van der Waals surface area contributed by atoms with Crippen LogP contribution in [0.3, 0.4) is 0 Å². The summed E-state index contributed by atoms with van der Waals surface area (Å²) >= 11 is 0. The maximum atomic E-state index is 13.2. The van der Waals surface area contributed by atoms with Crippen molar-refractivity contribution in [3.05, 3.63) is 46.0 Å². The van der Waals surface area contributed by atoms with Gasteiger partial charge in [0, 0.05) is 11.6 Å². The molecule has 0 unspecified atom stereocenters. The Bertz CT molecular complexity index is 572. The molecule has 5 heteroatoms. The van der Waals surface area contributed by atoms with Gasteiger partial charge in [-0.2, -0.15) is 0 Å². The van der Waals surface area contributed by atoms with Crippen molar-refractivity contribution < 1.29 is 4.39 Å². The van der Waals surface area contributed by atoms with E-state index in [1.54, 1.807) is 13.0 Å². The predicted octanol–water partition coefficient (Wildman–Crippen LogP) is 1.47. The van der Waals surface area contributed by atoms with E-state index in [1.165, 1.54) is 18.2 Å². The van der Waals surface area contributed by atoms with E-state index < -0.39 is 0 Å². The number of H-pyrrole nitrogens is 1. The molecule has 0 radical (unpaired) electrons. The van der Waals surface area contributed by atoms with Crippen LogP contribution in [-0.4, -0.2) is 9.97 Å². The Labute approximate surface area is 91.0 Å². The fraction of sp³-hybridized carbons (Fsp3) is 0.0909. The first-order valence-corrected chi connectivity index (χ1v) is 4.69. The van der Waals surface area contributed by atoms with Gasteiger partial charge in [0.15, 0.2) is 0 Å². The molecule has 0 saturated heterocycles. The zero-order valence-corrected chi connectivity index (χ0v) is 8.62. The van der Waals surface area contributed by atoms with Gasteiger partial charge in [-0.3, -0.25) is 4.79 Å². The highest BCUT2D eigenvalue weighted by molar-refractivity contribution is 5.57. The Morgan fingerprint density at radius 3 is 2.69 bits per heavy atom. The smallest absolute Gasteiger partial charge is 0.253 e. The van der Waals surface area contributed by atoms with Gasteiger partial charge in [-0.1, -0.05) is 0 Å². The van der Waals surface area contributed by atoms with Crippen LogP contribution in [0.4, 0.5) is 10.2 Å². The van der Waals surface area contributed by atoms with E-state index in [4.69, 9.17) is 5.73 Å². The molecule has 1 aromatic heterocycles. The van der Waals surface area contributed by atoms with Gasteiger partial charge in [-0.25, -0.2) is 9.37 Å². The number of halogens is 1. The highest BCUT2D eigenvalue weighted by atomic mass is 19.1. The molecule has 2 aromatic rings. The van der Waals surface area contributed by atoms with Crippen LogP contribution in [0.2, 0.25) is 0 Å². The Kier molecular flexibility index (Phi) is 2.44. The van der Waals surface area contributed by atoms with E-state index in [2.05, 4.69) is 9.97 Å². The number of anilines is 1. The number of nitrogens with one attached hydrogen (secondary N) is 1. The summed E-state index contributed by atoms with van der Waals surface area (Å²) in [5, 5.41) is 0. The van der Waals surface area contributed by atoms with Crippen molar-refractivity contribution in [3.63, 3.8) is 0 Å². The van der Waals surface area contributed by atoms with E-state index in [0.29, 0.717) is 5.56 Å². The SMILES string of the molecule is Cc1cc(F)cc(-c2nc(N)cc(=O)[nH]2)c1. The van der Waals surface area contributed by atoms with Gasteiger partial charge >= 0.3 is 0 Å². The number of aromatic amines is 1. The van der Waals surface area contributed by atoms with Crippen molar-refractivity contribution in [1.29, 1.82) is 0 Å². The summed E-state index contributed by atoms with van der Waals surface area (Å²) in [7, 11) is 0. The molecule has 82 valence electrons. The highest BCUT2D eigenvalue weighted by Gasteiger charge is 2.04. The van der Waals surface area contributed by atoms with Gasteiger partial charge in [0.2, 0.25) is 0 Å². The second kappa shape index (κ2) is 3.77. The lowest BCUT2D eigenvalue weighted by atomic mass is 10.1. The summed E-state index contributed by atoms with van der Waals surface area (Å²) in [6.07, 6.45) is 0. The Morgan fingerprint density at radius 2 is 2.06 bits per heavy atom. The van der Waals surface area contributed by atoms with Crippen LogP contribution in [0.15, 0.2) is 29.1 Å². The van der Waals surface area contributed by atoms with E-state index in [9.17, 15) is 9.18 Å². The third-order valence-electron chi connectivity index (χ3n) is 2.08. The Balaban J connectivity index is 2.62. The minimum absolute atomic E-state index is 0.112. The maximum Gasteiger partial charge on any atom is 0.253 e. The largest absolute Gasteiger partial charge is 0.383 e. The minimum Gasteiger partial charge on any atom is -0.383 e. The molecule has 1 heterocycles. The Morgan fingerprint density at radius 1 is 1.31 bits per heavy atom. The van der Waals surface area contributed by atoms with Gasteiger partial charge in [-0.15, -0.1) is 0 Å². The van der Waals surface area contributed by atoms with Gasteiger partial charge in [0.25, 0.3) is 5.56 Å². The first-order valence-electron chi connectivity index (χ1n) is 4.69. The number of hydrogen-bond acceptors (Lipinski definition) is 3. The number of aromatic nitrogens is 2. The van der Waals surface area contributed by atoms with Crippen LogP contribution in [0.5, 0.6) is 0 Å². The fourth-order valence-corrected chi connectivity index (χ4v) is 1.49. The lowest BCUT2D eigenvalue weighted by molar-refractivity contribution is 0.627. The molecular formula is C11H10FN3O. The molecule has 0 bridgehead atoms. The van der Waals surface area contributed by atoms with Crippen LogP contribution in [0.1, 0.15) is 5.56 Å². The van der Waals surface area contributed by atoms with Crippen LogP contribution >= 0.6 is 0 Å². The zero-order chi connectivity index (χ0) is 11.7. The molecule has 1 aromatic carbocycles. The lowest BCUT2D eigenvalue weighted by Crippen LogP contribution is -2.09. The maximum absolute atomic E-state index is 13.2. The van der Waals surface area contributed by atoms with E-state index in [1.807, 2.05) is 0 Å². The van der Waals surface area contributed by atoms with Crippen molar-refractivity contribution in [2.45, 2.75) is 6.92 Å². The topological polar surface area (TPSA) is 71.8 Å². The van der Waals surface area contributed by atoms with Crippen molar-refractivity contribution >= 4 is 5.82 Å². The molecule has 4 nitrogen and oxygen atoms in total. The summed E-state index contributed by atoms with van der Waals surface area (Å²) < 4.78 is 13.2. The second-order valence-electron chi connectivity index (χ2n) is 3.54. The van der Waals surface area contributed by atoms with E-state index >= 15 is 0 Å². The first kappa shape index (κ1) is 10.4.